The average molecular weight is 267 g/mol. The normalized spacial score (nSPS) is 10.7. The first-order valence-corrected chi connectivity index (χ1v) is 6.56. The minimum absolute atomic E-state index is 0.183. The van der Waals surface area contributed by atoms with Crippen molar-refractivity contribution >= 4 is 11.9 Å². The van der Waals surface area contributed by atoms with Crippen molar-refractivity contribution in [1.29, 1.82) is 0 Å². The summed E-state index contributed by atoms with van der Waals surface area (Å²) >= 11 is 0. The van der Waals surface area contributed by atoms with Crippen molar-refractivity contribution in [2.45, 2.75) is 45.6 Å². The molecule has 1 rings (SSSR count). The molecule has 0 aliphatic rings. The fraction of sp³-hybridized carbons (Fsp3) is 0.615. The second-order valence-corrected chi connectivity index (χ2v) is 4.74. The van der Waals surface area contributed by atoms with Gasteiger partial charge in [-0.2, -0.15) is 5.10 Å². The van der Waals surface area contributed by atoms with Crippen LogP contribution < -0.4 is 5.32 Å². The maximum absolute atomic E-state index is 11.7. The fourth-order valence-electron chi connectivity index (χ4n) is 1.62. The van der Waals surface area contributed by atoms with Crippen LogP contribution in [0.1, 0.15) is 56.1 Å². The summed E-state index contributed by atoms with van der Waals surface area (Å²) in [5.74, 6) is -0.958. The van der Waals surface area contributed by atoms with Crippen LogP contribution in [0, 0.1) is 0 Å². The van der Waals surface area contributed by atoms with Gasteiger partial charge in [-0.1, -0.05) is 6.42 Å². The molecule has 0 saturated heterocycles. The first-order chi connectivity index (χ1) is 9.00. The van der Waals surface area contributed by atoms with E-state index >= 15 is 0 Å². The summed E-state index contributed by atoms with van der Waals surface area (Å²) in [5, 5.41) is 15.4. The smallest absolute Gasteiger partial charge is 0.303 e. The fourth-order valence-corrected chi connectivity index (χ4v) is 1.62. The van der Waals surface area contributed by atoms with Gasteiger partial charge in [0.05, 0.1) is 0 Å². The Labute approximate surface area is 112 Å². The van der Waals surface area contributed by atoms with E-state index in [1.54, 1.807) is 16.9 Å². The molecular formula is C13H21N3O3. The SMILES string of the molecule is CC(C)n1ccc(C(=O)NCCCCCC(=O)O)n1. The molecule has 0 unspecified atom stereocenters. The number of carboxylic acids is 1. The lowest BCUT2D eigenvalue weighted by molar-refractivity contribution is -0.137. The van der Waals surface area contributed by atoms with Crippen molar-refractivity contribution in [3.05, 3.63) is 18.0 Å². The maximum atomic E-state index is 11.7. The number of hydrogen-bond acceptors (Lipinski definition) is 3. The lowest BCUT2D eigenvalue weighted by Crippen LogP contribution is -2.25. The number of carboxylic acid groups (broad SMARTS) is 1. The molecule has 6 heteroatoms. The highest BCUT2D eigenvalue weighted by Gasteiger charge is 2.09. The molecule has 0 aliphatic carbocycles. The summed E-state index contributed by atoms with van der Waals surface area (Å²) in [5.41, 5.74) is 0.416. The van der Waals surface area contributed by atoms with E-state index < -0.39 is 5.97 Å². The van der Waals surface area contributed by atoms with Gasteiger partial charge in [0.1, 0.15) is 5.69 Å². The number of amides is 1. The average Bonchev–Trinajstić information content (AvgIpc) is 2.82. The van der Waals surface area contributed by atoms with E-state index in [4.69, 9.17) is 5.11 Å². The molecule has 0 aliphatic heterocycles. The number of carbonyl (C=O) groups excluding carboxylic acids is 1. The molecular weight excluding hydrogens is 246 g/mol. The van der Waals surface area contributed by atoms with Crippen LogP contribution in [0.3, 0.4) is 0 Å². The molecule has 0 spiro atoms. The summed E-state index contributed by atoms with van der Waals surface area (Å²) in [6, 6.07) is 1.93. The zero-order chi connectivity index (χ0) is 14.3. The topological polar surface area (TPSA) is 84.2 Å². The van der Waals surface area contributed by atoms with Crippen LogP contribution in [-0.4, -0.2) is 33.3 Å². The minimum atomic E-state index is -0.775. The molecule has 19 heavy (non-hydrogen) atoms. The van der Waals surface area contributed by atoms with Crippen LogP contribution in [-0.2, 0) is 4.79 Å². The highest BCUT2D eigenvalue weighted by Crippen LogP contribution is 2.04. The van der Waals surface area contributed by atoms with Gasteiger partial charge < -0.3 is 10.4 Å². The van der Waals surface area contributed by atoms with Gasteiger partial charge in [0.25, 0.3) is 5.91 Å². The van der Waals surface area contributed by atoms with Crippen LogP contribution in [0.4, 0.5) is 0 Å². The molecule has 1 heterocycles. The van der Waals surface area contributed by atoms with E-state index in [9.17, 15) is 9.59 Å². The Morgan fingerprint density at radius 3 is 2.68 bits per heavy atom. The largest absolute Gasteiger partial charge is 0.481 e. The molecule has 6 nitrogen and oxygen atoms in total. The monoisotopic (exact) mass is 267 g/mol. The number of nitrogens with zero attached hydrogens (tertiary/aromatic N) is 2. The predicted octanol–water partition coefficient (Wildman–Crippen LogP) is 1.84. The first kappa shape index (κ1) is 15.2. The van der Waals surface area contributed by atoms with Gasteiger partial charge in [-0.3, -0.25) is 14.3 Å². The number of aromatic nitrogens is 2. The highest BCUT2D eigenvalue weighted by atomic mass is 16.4. The lowest BCUT2D eigenvalue weighted by atomic mass is 10.2. The molecule has 106 valence electrons. The van der Waals surface area contributed by atoms with Crippen LogP contribution in [0.5, 0.6) is 0 Å². The molecule has 2 N–H and O–H groups in total. The van der Waals surface area contributed by atoms with Crippen molar-refractivity contribution in [1.82, 2.24) is 15.1 Å². The van der Waals surface area contributed by atoms with Gasteiger partial charge in [0, 0.05) is 25.2 Å². The molecule has 1 aromatic heterocycles. The Bertz CT molecular complexity index is 427. The van der Waals surface area contributed by atoms with Crippen molar-refractivity contribution in [2.24, 2.45) is 0 Å². The van der Waals surface area contributed by atoms with E-state index in [1.165, 1.54) is 0 Å². The van der Waals surface area contributed by atoms with Crippen LogP contribution in [0.15, 0.2) is 12.3 Å². The summed E-state index contributed by atoms with van der Waals surface area (Å²) in [6.45, 7) is 4.54. The van der Waals surface area contributed by atoms with Crippen LogP contribution in [0.25, 0.3) is 0 Å². The van der Waals surface area contributed by atoms with Gasteiger partial charge >= 0.3 is 5.97 Å². The third-order valence-corrected chi connectivity index (χ3v) is 2.72. The molecule has 0 atom stereocenters. The highest BCUT2D eigenvalue weighted by molar-refractivity contribution is 5.92. The summed E-state index contributed by atoms with van der Waals surface area (Å²) < 4.78 is 1.74. The Balaban J connectivity index is 2.22. The number of rotatable bonds is 8. The van der Waals surface area contributed by atoms with Crippen molar-refractivity contribution < 1.29 is 14.7 Å². The number of nitrogens with one attached hydrogen (secondary N) is 1. The van der Waals surface area contributed by atoms with Crippen molar-refractivity contribution in [3.8, 4) is 0 Å². The predicted molar refractivity (Wildman–Crippen MR) is 71.0 cm³/mol. The Morgan fingerprint density at radius 1 is 1.37 bits per heavy atom. The van der Waals surface area contributed by atoms with E-state index in [0.29, 0.717) is 18.7 Å². The summed E-state index contributed by atoms with van der Waals surface area (Å²) in [7, 11) is 0. The van der Waals surface area contributed by atoms with Gasteiger partial charge in [-0.15, -0.1) is 0 Å². The van der Waals surface area contributed by atoms with E-state index in [2.05, 4.69) is 10.4 Å². The van der Waals surface area contributed by atoms with E-state index in [-0.39, 0.29) is 18.4 Å². The summed E-state index contributed by atoms with van der Waals surface area (Å²) in [6.07, 6.45) is 4.20. The second kappa shape index (κ2) is 7.56. The maximum Gasteiger partial charge on any atom is 0.303 e. The first-order valence-electron chi connectivity index (χ1n) is 6.56. The van der Waals surface area contributed by atoms with Gasteiger partial charge in [0.2, 0.25) is 0 Å². The van der Waals surface area contributed by atoms with Crippen LogP contribution >= 0.6 is 0 Å². The molecule has 0 aromatic carbocycles. The van der Waals surface area contributed by atoms with E-state index in [1.807, 2.05) is 13.8 Å². The second-order valence-electron chi connectivity index (χ2n) is 4.74. The minimum Gasteiger partial charge on any atom is -0.481 e. The molecule has 0 fully saturated rings. The zero-order valence-corrected chi connectivity index (χ0v) is 11.4. The zero-order valence-electron chi connectivity index (χ0n) is 11.4. The number of carbonyl (C=O) groups is 2. The number of aliphatic carboxylic acids is 1. The number of hydrogen-bond donors (Lipinski definition) is 2. The Hall–Kier alpha value is -1.85. The van der Waals surface area contributed by atoms with Gasteiger partial charge in [-0.05, 0) is 32.8 Å². The van der Waals surface area contributed by atoms with Crippen molar-refractivity contribution in [2.75, 3.05) is 6.54 Å². The lowest BCUT2D eigenvalue weighted by Gasteiger charge is -2.04. The van der Waals surface area contributed by atoms with Crippen LogP contribution in [0.2, 0.25) is 0 Å². The quantitative estimate of drug-likeness (QED) is 0.704. The molecule has 0 radical (unpaired) electrons. The van der Waals surface area contributed by atoms with Gasteiger partial charge in [0.15, 0.2) is 0 Å². The molecule has 0 saturated carbocycles. The third kappa shape index (κ3) is 5.54. The Morgan fingerprint density at radius 2 is 2.11 bits per heavy atom. The van der Waals surface area contributed by atoms with Crippen molar-refractivity contribution in [3.63, 3.8) is 0 Å². The molecule has 0 bridgehead atoms. The standard InChI is InChI=1S/C13H21N3O3/c1-10(2)16-9-7-11(15-16)13(19)14-8-5-3-4-6-12(17)18/h7,9-10H,3-6,8H2,1-2H3,(H,14,19)(H,17,18). The molecule has 1 aromatic rings. The number of unbranched alkanes of at least 4 members (excludes halogenated alkanes) is 2. The molecule has 1 amide bonds. The van der Waals surface area contributed by atoms with Gasteiger partial charge in [-0.25, -0.2) is 0 Å². The summed E-state index contributed by atoms with van der Waals surface area (Å²) in [4.78, 5) is 22.0. The Kier molecular flexibility index (Phi) is 6.05. The van der Waals surface area contributed by atoms with E-state index in [0.717, 1.165) is 12.8 Å². The third-order valence-electron chi connectivity index (χ3n) is 2.72.